The van der Waals surface area contributed by atoms with Crippen molar-refractivity contribution in [3.05, 3.63) is 30.3 Å². The van der Waals surface area contributed by atoms with Crippen LogP contribution in [-0.2, 0) is 4.79 Å². The van der Waals surface area contributed by atoms with Crippen LogP contribution in [0.25, 0.3) is 0 Å². The van der Waals surface area contributed by atoms with Crippen LogP contribution in [-0.4, -0.2) is 50.3 Å². The van der Waals surface area contributed by atoms with Crippen LogP contribution >= 0.6 is 0 Å². The number of Topliss-reactive ketones (excluding diaryl/α,β-unsaturated/α-hetero) is 1. The van der Waals surface area contributed by atoms with Crippen LogP contribution < -0.4 is 4.46 Å². The summed E-state index contributed by atoms with van der Waals surface area (Å²) in [4.78, 5) is 13.9. The summed E-state index contributed by atoms with van der Waals surface area (Å²) < 4.78 is 6.02. The van der Waals surface area contributed by atoms with E-state index in [0.29, 0.717) is 16.1 Å². The molecule has 1 aliphatic carbocycles. The molecule has 188 valence electrons. The molecule has 0 spiro atoms. The fourth-order valence-corrected chi connectivity index (χ4v) is 30.1. The van der Waals surface area contributed by atoms with E-state index in [2.05, 4.69) is 71.9 Å². The number of aliphatic hydroxyl groups excluding tert-OH is 1. The van der Waals surface area contributed by atoms with Crippen LogP contribution in [0.5, 0.6) is 0 Å². The minimum absolute atomic E-state index is 0.0678. The zero-order valence-corrected chi connectivity index (χ0v) is 26.9. The molecule has 0 aliphatic heterocycles. The van der Waals surface area contributed by atoms with E-state index >= 15 is 0 Å². The Morgan fingerprint density at radius 2 is 1.48 bits per heavy atom. The molecule has 2 rings (SSSR count). The van der Waals surface area contributed by atoms with Crippen LogP contribution in [0, 0.1) is 10.8 Å². The molecular formula is C29H50O2SeSn. The first kappa shape index (κ1) is 29.4. The molecule has 3 atom stereocenters. The Labute approximate surface area is 215 Å². The van der Waals surface area contributed by atoms with Crippen LogP contribution in [0.4, 0.5) is 0 Å². The summed E-state index contributed by atoms with van der Waals surface area (Å²) in [6.07, 6.45) is 8.96. The van der Waals surface area contributed by atoms with Gasteiger partial charge in [-0.25, -0.2) is 0 Å². The first-order valence-corrected chi connectivity index (χ1v) is 23.3. The van der Waals surface area contributed by atoms with E-state index in [1.807, 2.05) is 0 Å². The van der Waals surface area contributed by atoms with Gasteiger partial charge in [0.2, 0.25) is 0 Å². The van der Waals surface area contributed by atoms with E-state index in [1.54, 1.807) is 0 Å². The van der Waals surface area contributed by atoms with E-state index in [-0.39, 0.29) is 20.4 Å². The number of aliphatic hydroxyl groups is 1. The summed E-state index contributed by atoms with van der Waals surface area (Å²) in [6, 6.07) is 10.6. The Balaban J connectivity index is 2.47. The number of ketones is 1. The number of carbonyl (C=O) groups is 1. The molecule has 1 aromatic rings. The van der Waals surface area contributed by atoms with Crippen molar-refractivity contribution in [2.45, 2.75) is 122 Å². The number of hydrogen-bond acceptors (Lipinski definition) is 2. The molecule has 2 nitrogen and oxygen atoms in total. The van der Waals surface area contributed by atoms with Crippen molar-refractivity contribution in [2.24, 2.45) is 10.8 Å². The quantitative estimate of drug-likeness (QED) is 0.218. The molecule has 4 heteroatoms. The Hall–Kier alpha value is 0.168. The van der Waals surface area contributed by atoms with Gasteiger partial charge in [0, 0.05) is 0 Å². The summed E-state index contributed by atoms with van der Waals surface area (Å²) in [6.45, 7) is 13.8. The van der Waals surface area contributed by atoms with E-state index in [9.17, 15) is 9.90 Å². The number of benzene rings is 1. The van der Waals surface area contributed by atoms with Gasteiger partial charge in [-0.05, 0) is 0 Å². The Kier molecular flexibility index (Phi) is 12.0. The summed E-state index contributed by atoms with van der Waals surface area (Å²) in [5, 5.41) is 12.5. The first-order chi connectivity index (χ1) is 15.6. The topological polar surface area (TPSA) is 37.3 Å². The van der Waals surface area contributed by atoms with Gasteiger partial charge in [0.05, 0.1) is 0 Å². The maximum absolute atomic E-state index is 13.9. The predicted molar refractivity (Wildman–Crippen MR) is 147 cm³/mol. The van der Waals surface area contributed by atoms with Gasteiger partial charge in [-0.1, -0.05) is 0 Å². The number of unbranched alkanes of at least 4 members (excludes halogenated alkanes) is 3. The fraction of sp³-hybridized carbons (Fsp3) is 0.759. The maximum atomic E-state index is 13.9. The van der Waals surface area contributed by atoms with E-state index in [0.717, 1.165) is 11.7 Å². The normalized spacial score (nSPS) is 24.1. The van der Waals surface area contributed by atoms with Crippen molar-refractivity contribution in [3.63, 3.8) is 0 Å². The second-order valence-corrected chi connectivity index (χ2v) is 28.0. The molecule has 0 amide bonds. The number of rotatable bonds is 14. The van der Waals surface area contributed by atoms with Crippen molar-refractivity contribution in [2.75, 3.05) is 0 Å². The molecule has 1 unspecified atom stereocenters. The van der Waals surface area contributed by atoms with Gasteiger partial charge in [0.25, 0.3) is 0 Å². The van der Waals surface area contributed by atoms with Crippen molar-refractivity contribution in [1.29, 1.82) is 0 Å². The van der Waals surface area contributed by atoms with Crippen molar-refractivity contribution in [1.82, 2.24) is 0 Å². The van der Waals surface area contributed by atoms with Gasteiger partial charge < -0.3 is 0 Å². The molecule has 0 bridgehead atoms. The van der Waals surface area contributed by atoms with Crippen molar-refractivity contribution in [3.8, 4) is 0 Å². The molecule has 1 aromatic carbocycles. The second kappa shape index (κ2) is 13.5. The van der Waals surface area contributed by atoms with Gasteiger partial charge in [-0.2, -0.15) is 0 Å². The van der Waals surface area contributed by atoms with E-state index in [4.69, 9.17) is 0 Å². The molecule has 0 saturated heterocycles. The van der Waals surface area contributed by atoms with Crippen LogP contribution in [0.1, 0.15) is 92.9 Å². The van der Waals surface area contributed by atoms with Crippen LogP contribution in [0.2, 0.25) is 22.6 Å². The standard InChI is InChI=1S/C17H23O2Se.3C4H9.Sn/c1-16(2)9-10-17(3,14(18)11-16)15(19)12-20-13-7-5-4-6-8-13;3*1-3-4-2;/h4-8,10,15,19H,9,11-12H2,1-3H3;3*1,3-4H2,2H3;/t15?,17-;;;;/m0..../s1. The molecule has 0 radical (unpaired) electrons. The van der Waals surface area contributed by atoms with Crippen LogP contribution in [0.15, 0.2) is 30.3 Å². The summed E-state index contributed by atoms with van der Waals surface area (Å²) >= 11 is -2.55. The number of hydrogen-bond donors (Lipinski definition) is 1. The third kappa shape index (κ3) is 7.58. The Morgan fingerprint density at radius 1 is 0.970 bits per heavy atom. The molecule has 1 N–H and O–H groups in total. The van der Waals surface area contributed by atoms with Gasteiger partial charge in [-0.3, -0.25) is 0 Å². The monoisotopic (exact) mass is 630 g/mol. The summed E-state index contributed by atoms with van der Waals surface area (Å²) in [5.74, 6) is 0.366. The summed E-state index contributed by atoms with van der Waals surface area (Å²) in [5.41, 5.74) is -0.476. The van der Waals surface area contributed by atoms with E-state index in [1.165, 1.54) is 56.3 Å². The van der Waals surface area contributed by atoms with E-state index < -0.39 is 29.9 Å². The second-order valence-electron chi connectivity index (χ2n) is 11.6. The van der Waals surface area contributed by atoms with Crippen molar-refractivity contribution < 1.29 is 9.90 Å². The molecule has 1 fully saturated rings. The Morgan fingerprint density at radius 3 is 1.97 bits per heavy atom. The van der Waals surface area contributed by atoms with Crippen LogP contribution in [0.3, 0.4) is 0 Å². The Bertz CT molecular complexity index is 698. The first-order valence-electron chi connectivity index (χ1n) is 13.5. The molecule has 33 heavy (non-hydrogen) atoms. The average Bonchev–Trinajstić information content (AvgIpc) is 2.80. The summed E-state index contributed by atoms with van der Waals surface area (Å²) in [7, 11) is 0. The van der Waals surface area contributed by atoms with Gasteiger partial charge in [-0.15, -0.1) is 0 Å². The molecule has 1 aliphatic rings. The van der Waals surface area contributed by atoms with Gasteiger partial charge >= 0.3 is 216 Å². The SMILES string of the molecule is CCC[CH2][Sn]([CH2]CCC)([CH2]CCC)[C@@H]1CC(C)(C)CC(=O)[C@@]1(C)C(O)C[Se]c1ccccc1. The third-order valence-electron chi connectivity index (χ3n) is 8.39. The molecule has 1 saturated carbocycles. The zero-order chi connectivity index (χ0) is 24.5. The van der Waals surface area contributed by atoms with Gasteiger partial charge in [0.1, 0.15) is 0 Å². The molecular weight excluding hydrogens is 578 g/mol. The third-order valence-corrected chi connectivity index (χ3v) is 28.7. The van der Waals surface area contributed by atoms with Gasteiger partial charge in [0.15, 0.2) is 0 Å². The minimum atomic E-state index is -2.75. The molecule has 0 heterocycles. The predicted octanol–water partition coefficient (Wildman–Crippen LogP) is 7.41. The number of carbonyl (C=O) groups excluding carboxylic acids is 1. The zero-order valence-electron chi connectivity index (χ0n) is 22.3. The molecule has 0 aromatic heterocycles. The average molecular weight is 628 g/mol. The van der Waals surface area contributed by atoms with Crippen molar-refractivity contribution >= 4 is 43.6 Å². The fourth-order valence-electron chi connectivity index (χ4n) is 6.28.